The van der Waals surface area contributed by atoms with E-state index in [0.717, 1.165) is 5.56 Å². The predicted molar refractivity (Wildman–Crippen MR) is 95.3 cm³/mol. The minimum atomic E-state index is 0.0154. The van der Waals surface area contributed by atoms with Crippen molar-refractivity contribution < 1.29 is 4.79 Å². The first kappa shape index (κ1) is 17.2. The van der Waals surface area contributed by atoms with Crippen LogP contribution in [0.2, 0.25) is 0 Å². The van der Waals surface area contributed by atoms with Crippen molar-refractivity contribution in [3.8, 4) is 0 Å². The summed E-state index contributed by atoms with van der Waals surface area (Å²) >= 11 is 0. The van der Waals surface area contributed by atoms with Crippen LogP contribution in [0.15, 0.2) is 54.6 Å². The van der Waals surface area contributed by atoms with E-state index in [1.165, 1.54) is 11.1 Å². The van der Waals surface area contributed by atoms with E-state index in [2.05, 4.69) is 67.8 Å². The van der Waals surface area contributed by atoms with Gasteiger partial charge in [0.15, 0.2) is 0 Å². The van der Waals surface area contributed by atoms with Crippen molar-refractivity contribution in [2.45, 2.75) is 26.8 Å². The Hall–Kier alpha value is -2.13. The second kappa shape index (κ2) is 8.49. The summed E-state index contributed by atoms with van der Waals surface area (Å²) in [5, 5.41) is 6.33. The SMILES string of the molecule is Cc1ccc([C@H](NCC(=O)NCC(C)C)c2ccccc2)cc1. The lowest BCUT2D eigenvalue weighted by Crippen LogP contribution is -2.37. The number of hydrogen-bond donors (Lipinski definition) is 2. The number of carbonyl (C=O) groups excluding carboxylic acids is 1. The van der Waals surface area contributed by atoms with E-state index in [4.69, 9.17) is 0 Å². The highest BCUT2D eigenvalue weighted by Gasteiger charge is 2.14. The van der Waals surface area contributed by atoms with E-state index in [9.17, 15) is 4.79 Å². The van der Waals surface area contributed by atoms with Crippen LogP contribution in [0.25, 0.3) is 0 Å². The number of benzene rings is 2. The first-order chi connectivity index (χ1) is 11.1. The Morgan fingerprint density at radius 3 is 2.17 bits per heavy atom. The zero-order valence-electron chi connectivity index (χ0n) is 14.2. The number of rotatable bonds is 7. The molecule has 0 aliphatic heterocycles. The molecular weight excluding hydrogens is 284 g/mol. The quantitative estimate of drug-likeness (QED) is 0.822. The third kappa shape index (κ3) is 5.53. The standard InChI is InChI=1S/C20H26N2O/c1-15(2)13-21-19(23)14-22-20(17-7-5-4-6-8-17)18-11-9-16(3)10-12-18/h4-12,15,20,22H,13-14H2,1-3H3,(H,21,23)/t20-/m1/s1. The number of amides is 1. The number of aryl methyl sites for hydroxylation is 1. The minimum Gasteiger partial charge on any atom is -0.355 e. The van der Waals surface area contributed by atoms with E-state index >= 15 is 0 Å². The van der Waals surface area contributed by atoms with Crippen LogP contribution in [0.1, 0.15) is 36.6 Å². The molecule has 0 unspecified atom stereocenters. The molecule has 23 heavy (non-hydrogen) atoms. The molecule has 0 aliphatic carbocycles. The largest absolute Gasteiger partial charge is 0.355 e. The van der Waals surface area contributed by atoms with Crippen LogP contribution >= 0.6 is 0 Å². The van der Waals surface area contributed by atoms with E-state index < -0.39 is 0 Å². The molecule has 1 amide bonds. The highest BCUT2D eigenvalue weighted by Crippen LogP contribution is 2.22. The van der Waals surface area contributed by atoms with E-state index in [0.29, 0.717) is 19.0 Å². The lowest BCUT2D eigenvalue weighted by Gasteiger charge is -2.20. The van der Waals surface area contributed by atoms with Gasteiger partial charge in [0, 0.05) is 6.54 Å². The third-order valence-electron chi connectivity index (χ3n) is 3.72. The van der Waals surface area contributed by atoms with Crippen LogP contribution in [-0.2, 0) is 4.79 Å². The molecule has 0 fully saturated rings. The Labute approximate surface area is 139 Å². The van der Waals surface area contributed by atoms with Gasteiger partial charge in [-0.05, 0) is 24.0 Å². The fraction of sp³-hybridized carbons (Fsp3) is 0.350. The average Bonchev–Trinajstić information content (AvgIpc) is 2.55. The molecule has 1 atom stereocenters. The molecule has 2 aromatic rings. The van der Waals surface area contributed by atoms with Crippen LogP contribution in [0.3, 0.4) is 0 Å². The van der Waals surface area contributed by atoms with Crippen molar-refractivity contribution in [1.29, 1.82) is 0 Å². The van der Waals surface area contributed by atoms with Gasteiger partial charge in [-0.25, -0.2) is 0 Å². The van der Waals surface area contributed by atoms with Crippen LogP contribution in [0.5, 0.6) is 0 Å². The molecule has 0 saturated heterocycles. The predicted octanol–water partition coefficient (Wildman–Crippen LogP) is 3.45. The average molecular weight is 310 g/mol. The maximum absolute atomic E-state index is 12.0. The number of nitrogens with one attached hydrogen (secondary N) is 2. The van der Waals surface area contributed by atoms with Crippen molar-refractivity contribution in [3.63, 3.8) is 0 Å². The zero-order valence-corrected chi connectivity index (χ0v) is 14.2. The van der Waals surface area contributed by atoms with Gasteiger partial charge in [0.1, 0.15) is 0 Å². The van der Waals surface area contributed by atoms with E-state index in [1.54, 1.807) is 0 Å². The van der Waals surface area contributed by atoms with Crippen LogP contribution in [0, 0.1) is 12.8 Å². The van der Waals surface area contributed by atoms with Gasteiger partial charge >= 0.3 is 0 Å². The van der Waals surface area contributed by atoms with Gasteiger partial charge in [0.05, 0.1) is 12.6 Å². The molecule has 0 aromatic heterocycles. The van der Waals surface area contributed by atoms with Crippen molar-refractivity contribution in [3.05, 3.63) is 71.3 Å². The number of carbonyl (C=O) groups is 1. The summed E-state index contributed by atoms with van der Waals surface area (Å²) in [7, 11) is 0. The lowest BCUT2D eigenvalue weighted by atomic mass is 9.98. The summed E-state index contributed by atoms with van der Waals surface area (Å²) in [5.41, 5.74) is 3.56. The Morgan fingerprint density at radius 1 is 0.957 bits per heavy atom. The third-order valence-corrected chi connectivity index (χ3v) is 3.72. The normalized spacial score (nSPS) is 12.2. The van der Waals surface area contributed by atoms with Gasteiger partial charge < -0.3 is 5.32 Å². The summed E-state index contributed by atoms with van der Waals surface area (Å²) in [6.07, 6.45) is 0. The summed E-state index contributed by atoms with van der Waals surface area (Å²) in [5.74, 6) is 0.493. The van der Waals surface area contributed by atoms with Gasteiger partial charge in [-0.15, -0.1) is 0 Å². The monoisotopic (exact) mass is 310 g/mol. The van der Waals surface area contributed by atoms with Crippen molar-refractivity contribution in [2.24, 2.45) is 5.92 Å². The van der Waals surface area contributed by atoms with Gasteiger partial charge in [-0.3, -0.25) is 10.1 Å². The highest BCUT2D eigenvalue weighted by atomic mass is 16.1. The van der Waals surface area contributed by atoms with Crippen molar-refractivity contribution >= 4 is 5.91 Å². The molecular formula is C20H26N2O. The van der Waals surface area contributed by atoms with Gasteiger partial charge in [0.2, 0.25) is 5.91 Å². The topological polar surface area (TPSA) is 41.1 Å². The number of hydrogen-bond acceptors (Lipinski definition) is 2. The maximum atomic E-state index is 12.0. The van der Waals surface area contributed by atoms with E-state index in [-0.39, 0.29) is 11.9 Å². The Kier molecular flexibility index (Phi) is 6.36. The van der Waals surface area contributed by atoms with Crippen molar-refractivity contribution in [1.82, 2.24) is 10.6 Å². The molecule has 0 heterocycles. The van der Waals surface area contributed by atoms with Crippen LogP contribution in [-0.4, -0.2) is 19.0 Å². The molecule has 2 N–H and O–H groups in total. The lowest BCUT2D eigenvalue weighted by molar-refractivity contribution is -0.120. The Bertz CT molecular complexity index is 605. The second-order valence-corrected chi connectivity index (χ2v) is 6.33. The molecule has 0 radical (unpaired) electrons. The van der Waals surface area contributed by atoms with Gasteiger partial charge in [-0.2, -0.15) is 0 Å². The Balaban J connectivity index is 2.09. The van der Waals surface area contributed by atoms with Crippen molar-refractivity contribution in [2.75, 3.05) is 13.1 Å². The first-order valence-corrected chi connectivity index (χ1v) is 8.18. The summed E-state index contributed by atoms with van der Waals surface area (Å²) in [6, 6.07) is 18.7. The fourth-order valence-electron chi connectivity index (χ4n) is 2.41. The minimum absolute atomic E-state index is 0.0154. The van der Waals surface area contributed by atoms with Crippen LogP contribution < -0.4 is 10.6 Å². The van der Waals surface area contributed by atoms with E-state index in [1.807, 2.05) is 18.2 Å². The molecule has 0 saturated carbocycles. The van der Waals surface area contributed by atoms with Gasteiger partial charge in [0.25, 0.3) is 0 Å². The molecule has 2 rings (SSSR count). The molecule has 0 bridgehead atoms. The maximum Gasteiger partial charge on any atom is 0.233 e. The molecule has 0 aliphatic rings. The highest BCUT2D eigenvalue weighted by molar-refractivity contribution is 5.78. The van der Waals surface area contributed by atoms with Gasteiger partial charge in [-0.1, -0.05) is 74.0 Å². The summed E-state index contributed by atoms with van der Waals surface area (Å²) in [6.45, 7) is 7.27. The molecule has 0 spiro atoms. The molecule has 3 nitrogen and oxygen atoms in total. The second-order valence-electron chi connectivity index (χ2n) is 6.33. The summed E-state index contributed by atoms with van der Waals surface area (Å²) in [4.78, 5) is 12.0. The smallest absolute Gasteiger partial charge is 0.233 e. The summed E-state index contributed by atoms with van der Waals surface area (Å²) < 4.78 is 0. The fourth-order valence-corrected chi connectivity index (χ4v) is 2.41. The Morgan fingerprint density at radius 2 is 1.57 bits per heavy atom. The molecule has 122 valence electrons. The molecule has 3 heteroatoms. The first-order valence-electron chi connectivity index (χ1n) is 8.18. The zero-order chi connectivity index (χ0) is 16.7. The molecule has 2 aromatic carbocycles. The van der Waals surface area contributed by atoms with Crippen LogP contribution in [0.4, 0.5) is 0 Å².